The lowest BCUT2D eigenvalue weighted by Gasteiger charge is -2.11. The van der Waals surface area contributed by atoms with Gasteiger partial charge in [0.25, 0.3) is 0 Å². The van der Waals surface area contributed by atoms with E-state index in [1.165, 1.54) is 0 Å². The number of ether oxygens (including phenoxy) is 1. The number of halogens is 1. The molecule has 164 valence electrons. The molecule has 0 fully saturated rings. The van der Waals surface area contributed by atoms with E-state index in [9.17, 15) is 4.79 Å². The molecule has 0 radical (unpaired) electrons. The van der Waals surface area contributed by atoms with Crippen molar-refractivity contribution in [3.8, 4) is 17.0 Å². The zero-order valence-electron chi connectivity index (χ0n) is 18.0. The molecule has 1 amide bonds. The molecule has 32 heavy (non-hydrogen) atoms. The van der Waals surface area contributed by atoms with Crippen molar-refractivity contribution in [3.63, 3.8) is 0 Å². The quantitative estimate of drug-likeness (QED) is 0.297. The van der Waals surface area contributed by atoms with Gasteiger partial charge in [0.1, 0.15) is 12.3 Å². The molecule has 0 aliphatic heterocycles. The Hall–Kier alpha value is -2.73. The molecule has 0 unspecified atom stereocenters. The average Bonchev–Trinajstić information content (AvgIpc) is 3.46. The summed E-state index contributed by atoms with van der Waals surface area (Å²) in [5.41, 5.74) is 4.93. The van der Waals surface area contributed by atoms with Gasteiger partial charge < -0.3 is 14.2 Å². The minimum atomic E-state index is 0.0336. The molecule has 0 N–H and O–H groups in total. The number of hydrogen-bond donors (Lipinski definition) is 0. The molecular weight excluding hydrogens is 539 g/mol. The second-order valence-corrected chi connectivity index (χ2v) is 9.49. The Bertz CT molecular complexity index is 1500. The number of aromatic nitrogens is 5. The summed E-state index contributed by atoms with van der Waals surface area (Å²) in [6.07, 6.45) is 5.74. The lowest BCUT2D eigenvalue weighted by Crippen LogP contribution is -2.25. The van der Waals surface area contributed by atoms with Gasteiger partial charge in [-0.1, -0.05) is 0 Å². The molecular formula is C22H21IN6O2S. The predicted molar refractivity (Wildman–Crippen MR) is 137 cm³/mol. The Balaban J connectivity index is 1.81. The summed E-state index contributed by atoms with van der Waals surface area (Å²) in [6.45, 7) is 0.262. The third kappa shape index (κ3) is 3.24. The number of aryl methyl sites for hydroxylation is 1. The van der Waals surface area contributed by atoms with Gasteiger partial charge in [-0.15, -0.1) is 0 Å². The number of carbonyl (C=O) groups is 1. The number of carbonyl (C=O) groups excluding carboxylic acids is 1. The molecule has 4 aromatic heterocycles. The van der Waals surface area contributed by atoms with E-state index in [2.05, 4.69) is 36.3 Å². The van der Waals surface area contributed by atoms with Crippen LogP contribution in [0.1, 0.15) is 0 Å². The van der Waals surface area contributed by atoms with E-state index in [0.717, 1.165) is 49.8 Å². The molecule has 0 saturated carbocycles. The van der Waals surface area contributed by atoms with Crippen molar-refractivity contribution in [2.24, 2.45) is 7.05 Å². The number of methoxy groups -OCH3 is 1. The first-order chi connectivity index (χ1) is 15.4. The van der Waals surface area contributed by atoms with Gasteiger partial charge in [-0.3, -0.25) is 13.4 Å². The molecule has 0 aliphatic carbocycles. The van der Waals surface area contributed by atoms with Crippen molar-refractivity contribution in [2.45, 2.75) is 6.54 Å². The first-order valence-corrected chi connectivity index (χ1v) is 13.2. The summed E-state index contributed by atoms with van der Waals surface area (Å²) in [4.78, 5) is 18.8. The molecule has 5 rings (SSSR count). The van der Waals surface area contributed by atoms with Gasteiger partial charge in [0.2, 0.25) is 5.91 Å². The van der Waals surface area contributed by atoms with Crippen LogP contribution >= 0.6 is 30.3 Å². The Morgan fingerprint density at radius 3 is 2.75 bits per heavy atom. The highest BCUT2D eigenvalue weighted by molar-refractivity contribution is 14.2. The van der Waals surface area contributed by atoms with E-state index >= 15 is 0 Å². The second-order valence-electron chi connectivity index (χ2n) is 7.80. The highest BCUT2D eigenvalue weighted by Gasteiger charge is 2.21. The van der Waals surface area contributed by atoms with Gasteiger partial charge >= 0.3 is 0 Å². The monoisotopic (exact) mass is 560 g/mol. The lowest BCUT2D eigenvalue weighted by atomic mass is 10.1. The first-order valence-electron chi connectivity index (χ1n) is 9.91. The lowest BCUT2D eigenvalue weighted by molar-refractivity contribution is -0.129. The molecule has 0 bridgehead atoms. The normalized spacial score (nSPS) is 11.7. The van der Waals surface area contributed by atoms with Crippen LogP contribution in [0.25, 0.3) is 44.1 Å². The minimum Gasteiger partial charge on any atom is -0.497 e. The maximum absolute atomic E-state index is 12.5. The molecule has 10 heteroatoms. The zero-order valence-corrected chi connectivity index (χ0v) is 21.0. The third-order valence-corrected chi connectivity index (χ3v) is 7.41. The fraction of sp³-hybridized carbons (Fsp3) is 0.227. The van der Waals surface area contributed by atoms with Crippen LogP contribution in [0.5, 0.6) is 5.75 Å². The van der Waals surface area contributed by atoms with Crippen LogP contribution in [-0.4, -0.2) is 55.3 Å². The fourth-order valence-electron chi connectivity index (χ4n) is 4.07. The smallest absolute Gasteiger partial charge is 0.241 e. The molecule has 4 heterocycles. The number of amides is 1. The minimum absolute atomic E-state index is 0.0336. The Morgan fingerprint density at radius 2 is 2.03 bits per heavy atom. The molecule has 0 spiro atoms. The standard InChI is InChI=1S/C22H21IN6O2S/c1-26(2)20(30)12-28-11-17(15-7-14(31-4)5-6-18(15)28)19-8-16-21-13(10-25-27(21)3)9-24-22(16)29(19)32-23/h5-11H,12H2,1-4H3. The third-order valence-electron chi connectivity index (χ3n) is 5.72. The van der Waals surface area contributed by atoms with E-state index in [1.807, 2.05) is 53.1 Å². The van der Waals surface area contributed by atoms with Crippen molar-refractivity contribution in [1.29, 1.82) is 0 Å². The van der Waals surface area contributed by atoms with Gasteiger partial charge in [-0.05, 0) is 24.3 Å². The van der Waals surface area contributed by atoms with Crippen molar-refractivity contribution in [1.82, 2.24) is 28.2 Å². The Kier molecular flexibility index (Phi) is 5.28. The van der Waals surface area contributed by atoms with Gasteiger partial charge in [0.15, 0.2) is 5.65 Å². The van der Waals surface area contributed by atoms with Crippen LogP contribution in [0.3, 0.4) is 0 Å². The predicted octanol–water partition coefficient (Wildman–Crippen LogP) is 4.49. The summed E-state index contributed by atoms with van der Waals surface area (Å²) in [5.74, 6) is 0.804. The van der Waals surface area contributed by atoms with Crippen molar-refractivity contribution < 1.29 is 9.53 Å². The second kappa shape index (κ2) is 8.00. The molecule has 5 aromatic rings. The fourth-order valence-corrected chi connectivity index (χ4v) is 5.70. The van der Waals surface area contributed by atoms with Crippen molar-refractivity contribution in [2.75, 3.05) is 21.2 Å². The molecule has 0 aliphatic rings. The van der Waals surface area contributed by atoms with Crippen LogP contribution in [-0.2, 0) is 18.4 Å². The molecule has 8 nitrogen and oxygen atoms in total. The Labute approximate surface area is 200 Å². The van der Waals surface area contributed by atoms with E-state index < -0.39 is 0 Å². The van der Waals surface area contributed by atoms with Crippen molar-refractivity contribution >= 4 is 69.1 Å². The number of pyridine rings is 1. The number of rotatable bonds is 5. The highest BCUT2D eigenvalue weighted by Crippen LogP contribution is 2.40. The largest absolute Gasteiger partial charge is 0.497 e. The van der Waals surface area contributed by atoms with E-state index in [-0.39, 0.29) is 12.5 Å². The maximum Gasteiger partial charge on any atom is 0.241 e. The molecule has 0 atom stereocenters. The molecule has 1 aromatic carbocycles. The van der Waals surface area contributed by atoms with Crippen LogP contribution in [0.4, 0.5) is 0 Å². The number of likely N-dealkylation sites (N-methyl/N-ethyl adjacent to an activating group) is 1. The number of nitrogens with zero attached hydrogens (tertiary/aromatic N) is 6. The van der Waals surface area contributed by atoms with Gasteiger partial charge in [0, 0.05) is 91.1 Å². The summed E-state index contributed by atoms with van der Waals surface area (Å²) in [5, 5.41) is 7.46. The Morgan fingerprint density at radius 1 is 1.22 bits per heavy atom. The summed E-state index contributed by atoms with van der Waals surface area (Å²) < 4.78 is 11.5. The maximum atomic E-state index is 12.5. The number of hydrogen-bond acceptors (Lipinski definition) is 5. The van der Waals surface area contributed by atoms with Crippen LogP contribution in [0.2, 0.25) is 0 Å². The van der Waals surface area contributed by atoms with Crippen LogP contribution in [0.15, 0.2) is 42.9 Å². The molecule has 0 saturated heterocycles. The van der Waals surface area contributed by atoms with Gasteiger partial charge in [-0.25, -0.2) is 4.98 Å². The summed E-state index contributed by atoms with van der Waals surface area (Å²) >= 11 is 2.28. The summed E-state index contributed by atoms with van der Waals surface area (Å²) in [6, 6.07) is 8.10. The average molecular weight is 560 g/mol. The highest BCUT2D eigenvalue weighted by atomic mass is 127. The van der Waals surface area contributed by atoms with Crippen LogP contribution < -0.4 is 4.74 Å². The number of benzene rings is 1. The first kappa shape index (κ1) is 21.1. The topological polar surface area (TPSA) is 70.1 Å². The van der Waals surface area contributed by atoms with E-state index in [0.29, 0.717) is 0 Å². The van der Waals surface area contributed by atoms with Gasteiger partial charge in [0.05, 0.1) is 24.5 Å². The summed E-state index contributed by atoms with van der Waals surface area (Å²) in [7, 11) is 8.72. The van der Waals surface area contributed by atoms with E-state index in [1.54, 1.807) is 35.2 Å². The SMILES string of the molecule is COc1ccc2c(c1)c(-c1cc3c4c(cnc3n1SI)cnn4C)cn2CC(=O)N(C)C. The zero-order chi connectivity index (χ0) is 22.6. The van der Waals surface area contributed by atoms with Crippen LogP contribution in [0, 0.1) is 0 Å². The van der Waals surface area contributed by atoms with E-state index in [4.69, 9.17) is 9.72 Å². The van der Waals surface area contributed by atoms with Gasteiger partial charge in [-0.2, -0.15) is 5.10 Å². The number of fused-ring (bicyclic) bond motifs is 4. The van der Waals surface area contributed by atoms with Crippen molar-refractivity contribution in [3.05, 3.63) is 42.9 Å².